The molecule has 0 fully saturated rings. The van der Waals surface area contributed by atoms with Crippen molar-refractivity contribution in [3.63, 3.8) is 0 Å². The Balaban J connectivity index is 1.98. The molecule has 1 aromatic heterocycles. The normalized spacial score (nSPS) is 10.5. The number of aromatic nitrogens is 3. The second-order valence-electron chi connectivity index (χ2n) is 3.68. The molecular formula is C11H10Cl3N5. The molecule has 19 heavy (non-hydrogen) atoms. The molecule has 0 saturated carbocycles. The van der Waals surface area contributed by atoms with E-state index in [9.17, 15) is 0 Å². The Kier molecular flexibility index (Phi) is 4.63. The number of hydrogen-bond acceptors (Lipinski definition) is 5. The molecular weight excluding hydrogens is 309 g/mol. The Hall–Kier alpha value is -1.30. The molecule has 0 unspecified atom stereocenters. The van der Waals surface area contributed by atoms with Gasteiger partial charge < -0.3 is 11.1 Å². The number of nitrogens with two attached hydrogens (primary N) is 1. The SMILES string of the molecule is Nc1nc(Cl)nc(NCCc2cccc(Cl)c2Cl)n1. The van der Waals surface area contributed by atoms with E-state index in [0.717, 1.165) is 5.56 Å². The zero-order chi connectivity index (χ0) is 13.8. The van der Waals surface area contributed by atoms with Crippen LogP contribution in [0.15, 0.2) is 18.2 Å². The van der Waals surface area contributed by atoms with E-state index in [0.29, 0.717) is 29.0 Å². The van der Waals surface area contributed by atoms with Crippen LogP contribution in [0.2, 0.25) is 15.3 Å². The van der Waals surface area contributed by atoms with E-state index in [2.05, 4.69) is 20.3 Å². The highest BCUT2D eigenvalue weighted by Gasteiger charge is 2.05. The fourth-order valence-corrected chi connectivity index (χ4v) is 2.08. The quantitative estimate of drug-likeness (QED) is 0.906. The first-order valence-corrected chi connectivity index (χ1v) is 6.53. The van der Waals surface area contributed by atoms with Gasteiger partial charge in [-0.2, -0.15) is 15.0 Å². The van der Waals surface area contributed by atoms with Crippen molar-refractivity contribution in [1.29, 1.82) is 0 Å². The molecule has 0 saturated heterocycles. The van der Waals surface area contributed by atoms with Crippen molar-refractivity contribution >= 4 is 46.7 Å². The van der Waals surface area contributed by atoms with E-state index < -0.39 is 0 Å². The van der Waals surface area contributed by atoms with E-state index in [1.54, 1.807) is 6.07 Å². The minimum Gasteiger partial charge on any atom is -0.368 e. The fraction of sp³-hybridized carbons (Fsp3) is 0.182. The van der Waals surface area contributed by atoms with Crippen LogP contribution in [0.4, 0.5) is 11.9 Å². The highest BCUT2D eigenvalue weighted by atomic mass is 35.5. The van der Waals surface area contributed by atoms with Gasteiger partial charge in [-0.25, -0.2) is 0 Å². The van der Waals surface area contributed by atoms with Gasteiger partial charge in [0.05, 0.1) is 10.0 Å². The summed E-state index contributed by atoms with van der Waals surface area (Å²) in [5.74, 6) is 0.402. The summed E-state index contributed by atoms with van der Waals surface area (Å²) < 4.78 is 0. The van der Waals surface area contributed by atoms with Crippen molar-refractivity contribution in [2.45, 2.75) is 6.42 Å². The van der Waals surface area contributed by atoms with Crippen LogP contribution in [0.1, 0.15) is 5.56 Å². The number of halogens is 3. The Labute approximate surface area is 125 Å². The van der Waals surface area contributed by atoms with Crippen molar-refractivity contribution in [2.75, 3.05) is 17.6 Å². The topological polar surface area (TPSA) is 76.7 Å². The first-order valence-electron chi connectivity index (χ1n) is 5.40. The number of nitrogens with zero attached hydrogens (tertiary/aromatic N) is 3. The molecule has 2 aromatic rings. The summed E-state index contributed by atoms with van der Waals surface area (Å²) in [5, 5.41) is 4.13. The summed E-state index contributed by atoms with van der Waals surface area (Å²) in [7, 11) is 0. The van der Waals surface area contributed by atoms with E-state index in [4.69, 9.17) is 40.5 Å². The zero-order valence-electron chi connectivity index (χ0n) is 9.70. The van der Waals surface area contributed by atoms with E-state index in [-0.39, 0.29) is 11.2 Å². The summed E-state index contributed by atoms with van der Waals surface area (Å²) in [5.41, 5.74) is 6.40. The van der Waals surface area contributed by atoms with Crippen LogP contribution in [0.5, 0.6) is 0 Å². The minimum atomic E-state index is 0.0517. The molecule has 0 aliphatic heterocycles. The van der Waals surface area contributed by atoms with Crippen molar-refractivity contribution in [2.24, 2.45) is 0 Å². The standard InChI is InChI=1S/C11H10Cl3N5/c12-7-3-1-2-6(8(7)13)4-5-16-11-18-9(14)17-10(15)19-11/h1-3H,4-5H2,(H3,15,16,17,18,19). The number of nitrogens with one attached hydrogen (secondary N) is 1. The van der Waals surface area contributed by atoms with Gasteiger partial charge in [-0.15, -0.1) is 0 Å². The van der Waals surface area contributed by atoms with Crippen LogP contribution in [-0.2, 0) is 6.42 Å². The highest BCUT2D eigenvalue weighted by Crippen LogP contribution is 2.25. The third-order valence-corrected chi connectivity index (χ3v) is 3.36. The van der Waals surface area contributed by atoms with Crippen molar-refractivity contribution in [3.05, 3.63) is 39.1 Å². The van der Waals surface area contributed by atoms with Gasteiger partial charge >= 0.3 is 0 Å². The lowest BCUT2D eigenvalue weighted by atomic mass is 10.1. The van der Waals surface area contributed by atoms with Gasteiger partial charge in [-0.3, -0.25) is 0 Å². The first kappa shape index (κ1) is 14.1. The molecule has 0 atom stereocenters. The van der Waals surface area contributed by atoms with E-state index in [1.165, 1.54) is 0 Å². The highest BCUT2D eigenvalue weighted by molar-refractivity contribution is 6.42. The van der Waals surface area contributed by atoms with Crippen molar-refractivity contribution in [1.82, 2.24) is 15.0 Å². The van der Waals surface area contributed by atoms with Crippen LogP contribution in [0.3, 0.4) is 0 Å². The van der Waals surface area contributed by atoms with Gasteiger partial charge in [-0.05, 0) is 29.7 Å². The summed E-state index contributed by atoms with van der Waals surface area (Å²) in [6, 6.07) is 5.50. The van der Waals surface area contributed by atoms with Crippen LogP contribution >= 0.6 is 34.8 Å². The summed E-state index contributed by atoms with van der Waals surface area (Å²) in [4.78, 5) is 11.5. The Morgan fingerprint density at radius 2 is 1.89 bits per heavy atom. The zero-order valence-corrected chi connectivity index (χ0v) is 12.0. The largest absolute Gasteiger partial charge is 0.368 e. The third-order valence-electron chi connectivity index (χ3n) is 2.33. The molecule has 3 N–H and O–H groups in total. The van der Waals surface area contributed by atoms with Crippen LogP contribution < -0.4 is 11.1 Å². The molecule has 5 nitrogen and oxygen atoms in total. The average Bonchev–Trinajstić information content (AvgIpc) is 2.33. The molecule has 0 amide bonds. The Bertz CT molecular complexity index is 570. The molecule has 0 aliphatic carbocycles. The molecule has 0 aliphatic rings. The first-order chi connectivity index (χ1) is 9.06. The third kappa shape index (κ3) is 3.83. The fourth-order valence-electron chi connectivity index (χ4n) is 1.49. The van der Waals surface area contributed by atoms with Gasteiger partial charge in [0.25, 0.3) is 0 Å². The lowest BCUT2D eigenvalue weighted by Gasteiger charge is -2.07. The van der Waals surface area contributed by atoms with Gasteiger partial charge in [-0.1, -0.05) is 35.3 Å². The number of anilines is 2. The summed E-state index contributed by atoms with van der Waals surface area (Å²) in [6.07, 6.45) is 0.669. The monoisotopic (exact) mass is 317 g/mol. The lowest BCUT2D eigenvalue weighted by Crippen LogP contribution is -2.10. The summed E-state index contributed by atoms with van der Waals surface area (Å²) in [6.45, 7) is 0.569. The molecule has 8 heteroatoms. The molecule has 0 spiro atoms. The van der Waals surface area contributed by atoms with Crippen LogP contribution in [0, 0.1) is 0 Å². The molecule has 1 heterocycles. The maximum Gasteiger partial charge on any atom is 0.228 e. The van der Waals surface area contributed by atoms with Crippen LogP contribution in [-0.4, -0.2) is 21.5 Å². The maximum atomic E-state index is 6.08. The smallest absolute Gasteiger partial charge is 0.228 e. The maximum absolute atomic E-state index is 6.08. The summed E-state index contributed by atoms with van der Waals surface area (Å²) >= 11 is 17.7. The van der Waals surface area contributed by atoms with Gasteiger partial charge in [0, 0.05) is 6.54 Å². The van der Waals surface area contributed by atoms with Crippen molar-refractivity contribution in [3.8, 4) is 0 Å². The molecule has 2 rings (SSSR count). The Morgan fingerprint density at radius 1 is 1.11 bits per heavy atom. The molecule has 0 radical (unpaired) electrons. The predicted molar refractivity (Wildman–Crippen MR) is 77.9 cm³/mol. The van der Waals surface area contributed by atoms with Crippen LogP contribution in [0.25, 0.3) is 0 Å². The van der Waals surface area contributed by atoms with Gasteiger partial charge in [0.1, 0.15) is 0 Å². The molecule has 100 valence electrons. The number of benzene rings is 1. The number of rotatable bonds is 4. The second-order valence-corrected chi connectivity index (χ2v) is 4.80. The van der Waals surface area contributed by atoms with Gasteiger partial charge in [0.15, 0.2) is 0 Å². The predicted octanol–water partition coefficient (Wildman–Crippen LogP) is 3.07. The van der Waals surface area contributed by atoms with E-state index >= 15 is 0 Å². The molecule has 1 aromatic carbocycles. The average molecular weight is 319 g/mol. The second kappa shape index (κ2) is 6.23. The number of hydrogen-bond donors (Lipinski definition) is 2. The molecule has 0 bridgehead atoms. The minimum absolute atomic E-state index is 0.0517. The Morgan fingerprint density at radius 3 is 2.63 bits per heavy atom. The van der Waals surface area contributed by atoms with Crippen molar-refractivity contribution < 1.29 is 0 Å². The van der Waals surface area contributed by atoms with Gasteiger partial charge in [0.2, 0.25) is 17.2 Å². The van der Waals surface area contributed by atoms with E-state index in [1.807, 2.05) is 12.1 Å². The number of nitrogen functional groups attached to an aromatic ring is 1. The lowest BCUT2D eigenvalue weighted by molar-refractivity contribution is 0.968.